The van der Waals surface area contributed by atoms with E-state index in [1.54, 1.807) is 0 Å². The minimum Gasteiger partial charge on any atom is -0.381 e. The van der Waals surface area contributed by atoms with Gasteiger partial charge in [0.1, 0.15) is 0 Å². The van der Waals surface area contributed by atoms with E-state index in [2.05, 4.69) is 43.4 Å². The molecule has 1 saturated heterocycles. The number of benzene rings is 1. The first-order valence-electron chi connectivity index (χ1n) is 8.22. The standard InChI is InChI=1S/C18H28N2O2.ClH/c1-12(2)14-4-6-15(7-5-14)13(3)20-18(21)17(19)16-8-10-22-11-9-16;/h4-7,12-13,16-17H,8-11,19H2,1-3H3,(H,20,21);1H. The second kappa shape index (κ2) is 9.26. The van der Waals surface area contributed by atoms with Crippen molar-refractivity contribution in [3.63, 3.8) is 0 Å². The Morgan fingerprint density at radius 1 is 1.13 bits per heavy atom. The van der Waals surface area contributed by atoms with Gasteiger partial charge in [0.25, 0.3) is 0 Å². The summed E-state index contributed by atoms with van der Waals surface area (Å²) < 4.78 is 5.32. The Labute approximate surface area is 145 Å². The number of carbonyl (C=O) groups excluding carboxylic acids is 1. The van der Waals surface area contributed by atoms with Crippen molar-refractivity contribution in [3.8, 4) is 0 Å². The molecule has 3 N–H and O–H groups in total. The summed E-state index contributed by atoms with van der Waals surface area (Å²) in [5.41, 5.74) is 8.53. The maximum Gasteiger partial charge on any atom is 0.237 e. The minimum absolute atomic E-state index is 0. The van der Waals surface area contributed by atoms with Crippen LogP contribution in [0.15, 0.2) is 24.3 Å². The average molecular weight is 341 g/mol. The monoisotopic (exact) mass is 340 g/mol. The molecule has 2 atom stereocenters. The highest BCUT2D eigenvalue weighted by Crippen LogP contribution is 2.20. The molecule has 0 aromatic heterocycles. The first kappa shape index (κ1) is 19.9. The fraction of sp³-hybridized carbons (Fsp3) is 0.611. The number of halogens is 1. The number of carbonyl (C=O) groups is 1. The molecule has 4 nitrogen and oxygen atoms in total. The predicted molar refractivity (Wildman–Crippen MR) is 95.9 cm³/mol. The van der Waals surface area contributed by atoms with Crippen LogP contribution in [-0.4, -0.2) is 25.2 Å². The molecule has 1 aliphatic rings. The Kier molecular flexibility index (Phi) is 8.03. The first-order valence-corrected chi connectivity index (χ1v) is 8.22. The van der Waals surface area contributed by atoms with Crippen molar-refractivity contribution in [2.45, 2.75) is 51.6 Å². The molecule has 23 heavy (non-hydrogen) atoms. The van der Waals surface area contributed by atoms with Crippen LogP contribution in [0.3, 0.4) is 0 Å². The van der Waals surface area contributed by atoms with E-state index in [-0.39, 0.29) is 30.3 Å². The van der Waals surface area contributed by atoms with E-state index in [1.807, 2.05) is 6.92 Å². The first-order chi connectivity index (χ1) is 10.5. The van der Waals surface area contributed by atoms with Crippen LogP contribution in [0, 0.1) is 5.92 Å². The molecule has 1 fully saturated rings. The molecule has 5 heteroatoms. The highest BCUT2D eigenvalue weighted by Gasteiger charge is 2.27. The lowest BCUT2D eigenvalue weighted by atomic mass is 9.91. The minimum atomic E-state index is -0.443. The molecule has 1 heterocycles. The molecule has 0 spiro atoms. The van der Waals surface area contributed by atoms with Crippen LogP contribution in [0.1, 0.15) is 56.7 Å². The van der Waals surface area contributed by atoms with Crippen molar-refractivity contribution >= 4 is 18.3 Å². The smallest absolute Gasteiger partial charge is 0.237 e. The van der Waals surface area contributed by atoms with Crippen LogP contribution in [0.5, 0.6) is 0 Å². The van der Waals surface area contributed by atoms with Gasteiger partial charge >= 0.3 is 0 Å². The SMILES string of the molecule is CC(C)c1ccc(C(C)NC(=O)C(N)C2CCOCC2)cc1.Cl. The maximum atomic E-state index is 12.3. The van der Waals surface area contributed by atoms with Gasteiger partial charge in [0, 0.05) is 13.2 Å². The maximum absolute atomic E-state index is 12.3. The number of hydrogen-bond acceptors (Lipinski definition) is 3. The zero-order valence-electron chi connectivity index (χ0n) is 14.2. The largest absolute Gasteiger partial charge is 0.381 e. The van der Waals surface area contributed by atoms with E-state index in [9.17, 15) is 4.79 Å². The Balaban J connectivity index is 0.00000264. The van der Waals surface area contributed by atoms with Gasteiger partial charge in [-0.1, -0.05) is 38.1 Å². The van der Waals surface area contributed by atoms with E-state index in [1.165, 1.54) is 5.56 Å². The Morgan fingerprint density at radius 3 is 2.17 bits per heavy atom. The van der Waals surface area contributed by atoms with Crippen molar-refractivity contribution < 1.29 is 9.53 Å². The van der Waals surface area contributed by atoms with Crippen LogP contribution >= 0.6 is 12.4 Å². The fourth-order valence-corrected chi connectivity index (χ4v) is 2.85. The molecule has 0 bridgehead atoms. The molecular formula is C18H29ClN2O2. The van der Waals surface area contributed by atoms with Crippen LogP contribution in [0.4, 0.5) is 0 Å². The third kappa shape index (κ3) is 5.48. The molecule has 0 aliphatic carbocycles. The molecular weight excluding hydrogens is 312 g/mol. The van der Waals surface area contributed by atoms with E-state index in [0.29, 0.717) is 19.1 Å². The molecule has 2 rings (SSSR count). The van der Waals surface area contributed by atoms with Gasteiger partial charge in [0.15, 0.2) is 0 Å². The number of amides is 1. The quantitative estimate of drug-likeness (QED) is 0.865. The molecule has 0 saturated carbocycles. The van der Waals surface area contributed by atoms with Crippen LogP contribution in [0.25, 0.3) is 0 Å². The Bertz CT molecular complexity index is 484. The highest BCUT2D eigenvalue weighted by molar-refractivity contribution is 5.85. The second-order valence-corrected chi connectivity index (χ2v) is 6.53. The number of nitrogens with one attached hydrogen (secondary N) is 1. The molecule has 130 valence electrons. The Morgan fingerprint density at radius 2 is 1.65 bits per heavy atom. The molecule has 1 aromatic carbocycles. The number of nitrogens with two attached hydrogens (primary N) is 1. The normalized spacial score (nSPS) is 18.1. The van der Waals surface area contributed by atoms with Gasteiger partial charge in [0.2, 0.25) is 5.91 Å². The number of hydrogen-bond donors (Lipinski definition) is 2. The molecule has 1 aliphatic heterocycles. The summed E-state index contributed by atoms with van der Waals surface area (Å²) in [6.45, 7) is 7.76. The van der Waals surface area contributed by atoms with Crippen molar-refractivity contribution in [1.29, 1.82) is 0 Å². The summed E-state index contributed by atoms with van der Waals surface area (Å²) in [7, 11) is 0. The second-order valence-electron chi connectivity index (χ2n) is 6.53. The summed E-state index contributed by atoms with van der Waals surface area (Å²) in [5.74, 6) is 0.678. The third-order valence-corrected chi connectivity index (χ3v) is 4.54. The van der Waals surface area contributed by atoms with Crippen molar-refractivity contribution in [1.82, 2.24) is 5.32 Å². The lowest BCUT2D eigenvalue weighted by Gasteiger charge is -2.28. The summed E-state index contributed by atoms with van der Waals surface area (Å²) in [4.78, 5) is 12.3. The van der Waals surface area contributed by atoms with E-state index >= 15 is 0 Å². The van der Waals surface area contributed by atoms with Gasteiger partial charge in [-0.05, 0) is 42.7 Å². The molecule has 2 unspecified atom stereocenters. The molecule has 1 aromatic rings. The van der Waals surface area contributed by atoms with Crippen LogP contribution < -0.4 is 11.1 Å². The predicted octanol–water partition coefficient (Wildman–Crippen LogP) is 3.16. The summed E-state index contributed by atoms with van der Waals surface area (Å²) in [5, 5.41) is 3.04. The third-order valence-electron chi connectivity index (χ3n) is 4.54. The van der Waals surface area contributed by atoms with Gasteiger partial charge in [-0.25, -0.2) is 0 Å². The summed E-state index contributed by atoms with van der Waals surface area (Å²) >= 11 is 0. The van der Waals surface area contributed by atoms with E-state index in [0.717, 1.165) is 18.4 Å². The van der Waals surface area contributed by atoms with Gasteiger partial charge < -0.3 is 15.8 Å². The van der Waals surface area contributed by atoms with Crippen LogP contribution in [-0.2, 0) is 9.53 Å². The summed E-state index contributed by atoms with van der Waals surface area (Å²) in [6, 6.07) is 7.95. The van der Waals surface area contributed by atoms with Gasteiger partial charge in [-0.15, -0.1) is 12.4 Å². The van der Waals surface area contributed by atoms with Crippen molar-refractivity contribution in [3.05, 3.63) is 35.4 Å². The number of ether oxygens (including phenoxy) is 1. The van der Waals surface area contributed by atoms with E-state index < -0.39 is 6.04 Å². The van der Waals surface area contributed by atoms with Gasteiger partial charge in [-0.3, -0.25) is 4.79 Å². The van der Waals surface area contributed by atoms with E-state index in [4.69, 9.17) is 10.5 Å². The van der Waals surface area contributed by atoms with Gasteiger partial charge in [0.05, 0.1) is 12.1 Å². The molecule has 1 amide bonds. The fourth-order valence-electron chi connectivity index (χ4n) is 2.85. The lowest BCUT2D eigenvalue weighted by molar-refractivity contribution is -0.125. The zero-order chi connectivity index (χ0) is 16.1. The number of rotatable bonds is 5. The van der Waals surface area contributed by atoms with Crippen molar-refractivity contribution in [2.75, 3.05) is 13.2 Å². The summed E-state index contributed by atoms with van der Waals surface area (Å²) in [6.07, 6.45) is 1.73. The molecule has 0 radical (unpaired) electrons. The van der Waals surface area contributed by atoms with Crippen molar-refractivity contribution in [2.24, 2.45) is 11.7 Å². The average Bonchev–Trinajstić information content (AvgIpc) is 2.54. The topological polar surface area (TPSA) is 64.4 Å². The zero-order valence-corrected chi connectivity index (χ0v) is 15.1. The van der Waals surface area contributed by atoms with Crippen LogP contribution in [0.2, 0.25) is 0 Å². The Hall–Kier alpha value is -1.10. The lowest BCUT2D eigenvalue weighted by Crippen LogP contribution is -2.47. The highest BCUT2D eigenvalue weighted by atomic mass is 35.5. The van der Waals surface area contributed by atoms with Gasteiger partial charge in [-0.2, -0.15) is 0 Å².